The Hall–Kier alpha value is -1.32. The average Bonchev–Trinajstić information content (AvgIpc) is 2.71. The number of rotatable bonds is 5. The van der Waals surface area contributed by atoms with Crippen LogP contribution in [0.4, 0.5) is 4.39 Å². The predicted molar refractivity (Wildman–Crippen MR) is 102 cm³/mol. The fourth-order valence-corrected chi connectivity index (χ4v) is 3.60. The lowest BCUT2D eigenvalue weighted by Gasteiger charge is -2.16. The number of halogens is 2. The molecule has 132 valence electrons. The van der Waals surface area contributed by atoms with Gasteiger partial charge in [0, 0.05) is 17.9 Å². The van der Waals surface area contributed by atoms with Crippen LogP contribution in [0.3, 0.4) is 0 Å². The average molecular weight is 351 g/mol. The van der Waals surface area contributed by atoms with Crippen molar-refractivity contribution in [2.75, 3.05) is 20.6 Å². The molecule has 0 amide bonds. The summed E-state index contributed by atoms with van der Waals surface area (Å²) < 4.78 is 15.8. The molecule has 0 saturated heterocycles. The van der Waals surface area contributed by atoms with Gasteiger partial charge >= 0.3 is 0 Å². The van der Waals surface area contributed by atoms with Crippen molar-refractivity contribution in [2.24, 2.45) is 0 Å². The van der Waals surface area contributed by atoms with E-state index >= 15 is 0 Å². The van der Waals surface area contributed by atoms with Crippen LogP contribution >= 0.6 is 12.4 Å². The number of hydrogen-bond acceptors (Lipinski definition) is 1. The van der Waals surface area contributed by atoms with E-state index in [2.05, 4.69) is 29.6 Å². The summed E-state index contributed by atoms with van der Waals surface area (Å²) in [5.74, 6) is -0.166. The minimum atomic E-state index is -0.166. The second kappa shape index (κ2) is 8.68. The lowest BCUT2D eigenvalue weighted by atomic mass is 10.1. The van der Waals surface area contributed by atoms with Crippen molar-refractivity contribution in [3.05, 3.63) is 47.4 Å². The number of nitrogens with zero attached hydrogens (tertiary/aromatic N) is 2. The zero-order valence-electron chi connectivity index (χ0n) is 14.7. The maximum atomic E-state index is 13.3. The molecular formula is C20H28ClFN2. The minimum absolute atomic E-state index is 0. The van der Waals surface area contributed by atoms with Gasteiger partial charge in [-0.3, -0.25) is 0 Å². The summed E-state index contributed by atoms with van der Waals surface area (Å²) in [7, 11) is 4.24. The summed E-state index contributed by atoms with van der Waals surface area (Å²) in [6, 6.07) is 9.30. The Morgan fingerprint density at radius 3 is 2.46 bits per heavy atom. The Morgan fingerprint density at radius 2 is 1.75 bits per heavy atom. The molecule has 0 spiro atoms. The molecule has 3 rings (SSSR count). The van der Waals surface area contributed by atoms with Crippen molar-refractivity contribution < 1.29 is 4.39 Å². The van der Waals surface area contributed by atoms with Gasteiger partial charge in [-0.2, -0.15) is 0 Å². The first-order valence-electron chi connectivity index (χ1n) is 8.77. The van der Waals surface area contributed by atoms with Crippen molar-refractivity contribution in [1.82, 2.24) is 9.47 Å². The van der Waals surface area contributed by atoms with Gasteiger partial charge in [-0.15, -0.1) is 12.4 Å². The molecule has 0 radical (unpaired) electrons. The Balaban J connectivity index is 0.00000208. The van der Waals surface area contributed by atoms with Gasteiger partial charge < -0.3 is 9.47 Å². The third-order valence-electron chi connectivity index (χ3n) is 4.78. The second-order valence-electron chi connectivity index (χ2n) is 6.88. The summed E-state index contributed by atoms with van der Waals surface area (Å²) in [5, 5.41) is 0. The van der Waals surface area contributed by atoms with E-state index in [1.54, 1.807) is 12.1 Å². The van der Waals surface area contributed by atoms with Crippen molar-refractivity contribution in [1.29, 1.82) is 0 Å². The van der Waals surface area contributed by atoms with Gasteiger partial charge in [0.05, 0.1) is 0 Å². The van der Waals surface area contributed by atoms with Gasteiger partial charge in [0.15, 0.2) is 0 Å². The molecule has 24 heavy (non-hydrogen) atoms. The first-order valence-corrected chi connectivity index (χ1v) is 8.77. The van der Waals surface area contributed by atoms with E-state index in [1.807, 2.05) is 12.1 Å². The summed E-state index contributed by atoms with van der Waals surface area (Å²) >= 11 is 0. The number of benzene rings is 1. The molecule has 0 saturated carbocycles. The van der Waals surface area contributed by atoms with Crippen LogP contribution in [0, 0.1) is 5.82 Å². The number of hydrogen-bond donors (Lipinski definition) is 0. The van der Waals surface area contributed by atoms with Crippen molar-refractivity contribution >= 4 is 12.4 Å². The number of aromatic nitrogens is 1. The van der Waals surface area contributed by atoms with Gasteiger partial charge in [0.25, 0.3) is 0 Å². The Kier molecular flexibility index (Phi) is 6.88. The Morgan fingerprint density at radius 1 is 1.04 bits per heavy atom. The molecule has 1 aliphatic rings. The Bertz CT molecular complexity index is 646. The summed E-state index contributed by atoms with van der Waals surface area (Å²) in [6.45, 7) is 2.13. The van der Waals surface area contributed by atoms with E-state index in [4.69, 9.17) is 0 Å². The van der Waals surface area contributed by atoms with Crippen LogP contribution in [-0.2, 0) is 19.4 Å². The largest absolute Gasteiger partial charge is 0.344 e. The molecule has 0 fully saturated rings. The van der Waals surface area contributed by atoms with Crippen LogP contribution in [0.5, 0.6) is 0 Å². The number of aryl methyl sites for hydroxylation is 1. The van der Waals surface area contributed by atoms with Crippen molar-refractivity contribution in [3.8, 4) is 11.3 Å². The zero-order valence-corrected chi connectivity index (χ0v) is 15.5. The summed E-state index contributed by atoms with van der Waals surface area (Å²) in [6.07, 6.45) is 7.41. The SMILES string of the molecule is CN(C)CCCn1c(-c2ccc(F)cc2)cc2c1CCCCC2.Cl. The monoisotopic (exact) mass is 350 g/mol. The highest BCUT2D eigenvalue weighted by Crippen LogP contribution is 2.31. The van der Waals surface area contributed by atoms with E-state index in [0.29, 0.717) is 0 Å². The molecule has 0 N–H and O–H groups in total. The van der Waals surface area contributed by atoms with Gasteiger partial charge in [0.2, 0.25) is 0 Å². The van der Waals surface area contributed by atoms with Crippen LogP contribution in [-0.4, -0.2) is 30.1 Å². The van der Waals surface area contributed by atoms with E-state index in [0.717, 1.165) is 25.1 Å². The fraction of sp³-hybridized carbons (Fsp3) is 0.500. The van der Waals surface area contributed by atoms with E-state index in [9.17, 15) is 4.39 Å². The topological polar surface area (TPSA) is 8.17 Å². The molecule has 1 aromatic heterocycles. The minimum Gasteiger partial charge on any atom is -0.344 e. The highest BCUT2D eigenvalue weighted by molar-refractivity contribution is 5.85. The molecule has 4 heteroatoms. The number of fused-ring (bicyclic) bond motifs is 1. The quantitative estimate of drug-likeness (QED) is 0.693. The van der Waals surface area contributed by atoms with Gasteiger partial charge in [-0.1, -0.05) is 6.42 Å². The standard InChI is InChI=1S/C20H27FN2.ClH/c1-22(2)13-6-14-23-19-8-5-3-4-7-17(19)15-20(23)16-9-11-18(21)12-10-16;/h9-12,15H,3-8,13-14H2,1-2H3;1H. The first kappa shape index (κ1) is 19.0. The predicted octanol–water partition coefficient (Wildman–Crippen LogP) is 4.94. The highest BCUT2D eigenvalue weighted by Gasteiger charge is 2.18. The molecule has 2 aromatic rings. The molecule has 1 aromatic carbocycles. The van der Waals surface area contributed by atoms with E-state index in [-0.39, 0.29) is 18.2 Å². The highest BCUT2D eigenvalue weighted by atomic mass is 35.5. The lowest BCUT2D eigenvalue weighted by Crippen LogP contribution is -2.16. The zero-order chi connectivity index (χ0) is 16.2. The molecule has 0 aliphatic heterocycles. The van der Waals surface area contributed by atoms with Crippen LogP contribution in [0.25, 0.3) is 11.3 Å². The van der Waals surface area contributed by atoms with Crippen molar-refractivity contribution in [3.63, 3.8) is 0 Å². The molecule has 0 bridgehead atoms. The molecule has 2 nitrogen and oxygen atoms in total. The van der Waals surface area contributed by atoms with E-state index < -0.39 is 0 Å². The lowest BCUT2D eigenvalue weighted by molar-refractivity contribution is 0.385. The summed E-state index contributed by atoms with van der Waals surface area (Å²) in [5.41, 5.74) is 5.41. The van der Waals surface area contributed by atoms with Crippen LogP contribution < -0.4 is 0 Å². The van der Waals surface area contributed by atoms with Gasteiger partial charge in [-0.25, -0.2) is 4.39 Å². The van der Waals surface area contributed by atoms with Crippen LogP contribution in [0.2, 0.25) is 0 Å². The van der Waals surface area contributed by atoms with Gasteiger partial charge in [-0.05, 0) is 94.2 Å². The normalized spacial score (nSPS) is 14.2. The third-order valence-corrected chi connectivity index (χ3v) is 4.78. The Labute approximate surface area is 151 Å². The van der Waals surface area contributed by atoms with Crippen LogP contribution in [0.15, 0.2) is 30.3 Å². The summed E-state index contributed by atoms with van der Waals surface area (Å²) in [4.78, 5) is 2.24. The van der Waals surface area contributed by atoms with E-state index in [1.165, 1.54) is 49.1 Å². The smallest absolute Gasteiger partial charge is 0.123 e. The first-order chi connectivity index (χ1) is 11.1. The molecule has 1 heterocycles. The second-order valence-corrected chi connectivity index (χ2v) is 6.88. The fourth-order valence-electron chi connectivity index (χ4n) is 3.60. The van der Waals surface area contributed by atoms with Crippen LogP contribution in [0.1, 0.15) is 36.9 Å². The maximum Gasteiger partial charge on any atom is 0.123 e. The molecular weight excluding hydrogens is 323 g/mol. The maximum absolute atomic E-state index is 13.3. The van der Waals surface area contributed by atoms with Gasteiger partial charge in [0.1, 0.15) is 5.82 Å². The third kappa shape index (κ3) is 4.40. The van der Waals surface area contributed by atoms with Crippen molar-refractivity contribution in [2.45, 2.75) is 45.1 Å². The molecule has 0 atom stereocenters. The molecule has 0 unspecified atom stereocenters. The molecule has 1 aliphatic carbocycles.